The molecular formula is C6H11NO2. The first kappa shape index (κ1) is 6.71. The van der Waals surface area contributed by atoms with Crippen LogP contribution in [0.3, 0.4) is 0 Å². The number of hydrogen-bond acceptors (Lipinski definition) is 3. The summed E-state index contributed by atoms with van der Waals surface area (Å²) in [7, 11) is 0. The van der Waals surface area contributed by atoms with Crippen LogP contribution in [0.15, 0.2) is 0 Å². The van der Waals surface area contributed by atoms with Crippen molar-refractivity contribution >= 4 is 5.78 Å². The predicted molar refractivity (Wildman–Crippen MR) is 33.0 cm³/mol. The molecule has 52 valence electrons. The highest BCUT2D eigenvalue weighted by Crippen LogP contribution is 2.26. The summed E-state index contributed by atoms with van der Waals surface area (Å²) < 4.78 is 4.88. The number of ketones is 1. The van der Waals surface area contributed by atoms with Crippen LogP contribution in [0.25, 0.3) is 0 Å². The molecule has 0 aliphatic carbocycles. The fourth-order valence-electron chi connectivity index (χ4n) is 0.816. The summed E-state index contributed by atoms with van der Waals surface area (Å²) in [4.78, 5) is 10.9. The molecule has 0 saturated carbocycles. The van der Waals surface area contributed by atoms with Gasteiger partial charge in [-0.2, -0.15) is 0 Å². The highest BCUT2D eigenvalue weighted by atomic mass is 16.5. The van der Waals surface area contributed by atoms with Crippen LogP contribution in [0.5, 0.6) is 0 Å². The number of carbonyl (C=O) groups is 1. The lowest BCUT2D eigenvalue weighted by Crippen LogP contribution is -2.48. The number of ether oxygens (including phenoxy) is 1. The van der Waals surface area contributed by atoms with E-state index < -0.39 is 0 Å². The highest BCUT2D eigenvalue weighted by molar-refractivity contribution is 5.87. The van der Waals surface area contributed by atoms with Crippen LogP contribution < -0.4 is 5.73 Å². The lowest BCUT2D eigenvalue weighted by Gasteiger charge is -2.35. The van der Waals surface area contributed by atoms with E-state index in [1.165, 1.54) is 0 Å². The minimum absolute atomic E-state index is 0.105. The fourth-order valence-corrected chi connectivity index (χ4v) is 0.816. The molecule has 0 aromatic rings. The van der Waals surface area contributed by atoms with E-state index in [1.807, 2.05) is 6.92 Å². The van der Waals surface area contributed by atoms with Crippen LogP contribution in [-0.4, -0.2) is 25.5 Å². The van der Waals surface area contributed by atoms with E-state index in [4.69, 9.17) is 10.5 Å². The first-order chi connectivity index (χ1) is 4.19. The van der Waals surface area contributed by atoms with Gasteiger partial charge >= 0.3 is 0 Å². The Hall–Kier alpha value is -0.410. The van der Waals surface area contributed by atoms with Crippen molar-refractivity contribution in [1.29, 1.82) is 0 Å². The molecule has 3 nitrogen and oxygen atoms in total. The second-order valence-corrected chi connectivity index (χ2v) is 2.68. The van der Waals surface area contributed by atoms with Crippen molar-refractivity contribution in [3.63, 3.8) is 0 Å². The van der Waals surface area contributed by atoms with Gasteiger partial charge in [0.15, 0.2) is 5.78 Å². The van der Waals surface area contributed by atoms with Crippen LogP contribution in [0, 0.1) is 5.41 Å². The van der Waals surface area contributed by atoms with Crippen molar-refractivity contribution in [2.45, 2.75) is 6.92 Å². The topological polar surface area (TPSA) is 52.3 Å². The minimum atomic E-state index is -0.255. The largest absolute Gasteiger partial charge is 0.379 e. The lowest BCUT2D eigenvalue weighted by atomic mass is 9.84. The Morgan fingerprint density at radius 3 is 2.44 bits per heavy atom. The van der Waals surface area contributed by atoms with E-state index >= 15 is 0 Å². The quantitative estimate of drug-likeness (QED) is 0.549. The van der Waals surface area contributed by atoms with Gasteiger partial charge in [0.05, 0.1) is 25.2 Å². The zero-order valence-electron chi connectivity index (χ0n) is 5.52. The summed E-state index contributed by atoms with van der Waals surface area (Å²) in [6.07, 6.45) is 0. The monoisotopic (exact) mass is 129 g/mol. The second kappa shape index (κ2) is 2.08. The molecule has 1 aliphatic rings. The van der Waals surface area contributed by atoms with E-state index in [9.17, 15) is 4.79 Å². The van der Waals surface area contributed by atoms with Gasteiger partial charge in [0, 0.05) is 0 Å². The molecule has 0 spiro atoms. The first-order valence-electron chi connectivity index (χ1n) is 3.00. The fraction of sp³-hybridized carbons (Fsp3) is 0.833. The first-order valence-corrected chi connectivity index (χ1v) is 3.00. The van der Waals surface area contributed by atoms with Crippen LogP contribution in [-0.2, 0) is 9.53 Å². The summed E-state index contributed by atoms with van der Waals surface area (Å²) in [6.45, 7) is 3.11. The summed E-state index contributed by atoms with van der Waals surface area (Å²) in [6, 6.07) is 0. The summed E-state index contributed by atoms with van der Waals surface area (Å²) in [5.41, 5.74) is 4.91. The number of carbonyl (C=O) groups excluding carboxylic acids is 1. The molecule has 2 N–H and O–H groups in total. The van der Waals surface area contributed by atoms with Crippen molar-refractivity contribution < 1.29 is 9.53 Å². The van der Waals surface area contributed by atoms with Crippen molar-refractivity contribution in [2.75, 3.05) is 19.8 Å². The van der Waals surface area contributed by atoms with Gasteiger partial charge in [0.2, 0.25) is 0 Å². The molecule has 0 aromatic heterocycles. The highest BCUT2D eigenvalue weighted by Gasteiger charge is 2.39. The lowest BCUT2D eigenvalue weighted by molar-refractivity contribution is -0.153. The van der Waals surface area contributed by atoms with Crippen LogP contribution in [0.1, 0.15) is 6.92 Å². The zero-order valence-corrected chi connectivity index (χ0v) is 5.52. The Kier molecular flexibility index (Phi) is 1.55. The van der Waals surface area contributed by atoms with E-state index in [1.54, 1.807) is 0 Å². The molecular weight excluding hydrogens is 118 g/mol. The third-order valence-corrected chi connectivity index (χ3v) is 1.70. The van der Waals surface area contributed by atoms with Gasteiger partial charge in [-0.25, -0.2) is 0 Å². The normalized spacial score (nSPS) is 22.9. The van der Waals surface area contributed by atoms with Gasteiger partial charge < -0.3 is 10.5 Å². The molecule has 1 fully saturated rings. The summed E-state index contributed by atoms with van der Waals surface area (Å²) in [5.74, 6) is 0.105. The van der Waals surface area contributed by atoms with Gasteiger partial charge in [0.1, 0.15) is 0 Å². The Morgan fingerprint density at radius 1 is 1.78 bits per heavy atom. The van der Waals surface area contributed by atoms with Gasteiger partial charge in [0.25, 0.3) is 0 Å². The number of nitrogens with two attached hydrogens (primary N) is 1. The minimum Gasteiger partial charge on any atom is -0.379 e. The van der Waals surface area contributed by atoms with Crippen LogP contribution in [0.2, 0.25) is 0 Å². The number of rotatable bonds is 2. The SMILES string of the molecule is CC1(C(=O)CN)COC1. The van der Waals surface area contributed by atoms with E-state index in [-0.39, 0.29) is 17.7 Å². The molecule has 1 saturated heterocycles. The molecule has 0 unspecified atom stereocenters. The molecule has 0 amide bonds. The summed E-state index contributed by atoms with van der Waals surface area (Å²) >= 11 is 0. The molecule has 0 aromatic carbocycles. The Morgan fingerprint density at radius 2 is 2.33 bits per heavy atom. The van der Waals surface area contributed by atoms with Gasteiger partial charge in [-0.15, -0.1) is 0 Å². The smallest absolute Gasteiger partial charge is 0.156 e. The molecule has 0 bridgehead atoms. The number of Topliss-reactive ketones (excluding diaryl/α,β-unsaturated/α-hetero) is 1. The van der Waals surface area contributed by atoms with E-state index in [0.717, 1.165) is 0 Å². The molecule has 1 rings (SSSR count). The molecule has 9 heavy (non-hydrogen) atoms. The average Bonchev–Trinajstić information content (AvgIpc) is 1.81. The second-order valence-electron chi connectivity index (χ2n) is 2.68. The van der Waals surface area contributed by atoms with Crippen molar-refractivity contribution in [1.82, 2.24) is 0 Å². The van der Waals surface area contributed by atoms with Gasteiger partial charge in [-0.3, -0.25) is 4.79 Å². The van der Waals surface area contributed by atoms with Crippen LogP contribution >= 0.6 is 0 Å². The predicted octanol–water partition coefficient (Wildman–Crippen LogP) is -0.449. The van der Waals surface area contributed by atoms with Gasteiger partial charge in [-0.05, 0) is 6.92 Å². The van der Waals surface area contributed by atoms with Crippen molar-refractivity contribution in [3.05, 3.63) is 0 Å². The standard InChI is InChI=1S/C6H11NO2/c1-6(3-9-4-6)5(8)2-7/h2-4,7H2,1H3. The molecule has 1 heterocycles. The van der Waals surface area contributed by atoms with Crippen molar-refractivity contribution in [2.24, 2.45) is 11.1 Å². The Labute approximate surface area is 54.2 Å². The number of hydrogen-bond donors (Lipinski definition) is 1. The molecule has 3 heteroatoms. The third kappa shape index (κ3) is 0.976. The van der Waals surface area contributed by atoms with E-state index in [2.05, 4.69) is 0 Å². The molecule has 1 aliphatic heterocycles. The molecule has 0 atom stereocenters. The van der Waals surface area contributed by atoms with E-state index in [0.29, 0.717) is 13.2 Å². The van der Waals surface area contributed by atoms with Crippen LogP contribution in [0.4, 0.5) is 0 Å². The zero-order chi connectivity index (χ0) is 6.91. The maximum absolute atomic E-state index is 10.9. The Balaban J connectivity index is 2.49. The molecule has 0 radical (unpaired) electrons. The average molecular weight is 129 g/mol. The third-order valence-electron chi connectivity index (χ3n) is 1.70. The Bertz CT molecular complexity index is 129. The summed E-state index contributed by atoms with van der Waals surface area (Å²) in [5, 5.41) is 0. The maximum Gasteiger partial charge on any atom is 0.156 e. The van der Waals surface area contributed by atoms with Gasteiger partial charge in [-0.1, -0.05) is 0 Å². The van der Waals surface area contributed by atoms with Crippen molar-refractivity contribution in [3.8, 4) is 0 Å². The maximum atomic E-state index is 10.9.